The summed E-state index contributed by atoms with van der Waals surface area (Å²) in [5.41, 5.74) is 0.953. The molecule has 84 valence electrons. The summed E-state index contributed by atoms with van der Waals surface area (Å²) in [6.07, 6.45) is -0.364. The van der Waals surface area contributed by atoms with Crippen molar-refractivity contribution < 1.29 is 14.9 Å². The predicted octanol–water partition coefficient (Wildman–Crippen LogP) is 0.871. The fourth-order valence-electron chi connectivity index (χ4n) is 1.27. The van der Waals surface area contributed by atoms with E-state index in [-0.39, 0.29) is 11.9 Å². The Hall–Kier alpha value is -1.26. The molecule has 0 saturated carbocycles. The Bertz CT molecular complexity index is 313. The van der Waals surface area contributed by atoms with Crippen molar-refractivity contribution >= 4 is 0 Å². The van der Waals surface area contributed by atoms with Crippen LogP contribution in [0.15, 0.2) is 18.2 Å². The van der Waals surface area contributed by atoms with Crippen LogP contribution in [0.2, 0.25) is 0 Å². The van der Waals surface area contributed by atoms with Crippen molar-refractivity contribution in [1.29, 1.82) is 0 Å². The van der Waals surface area contributed by atoms with Crippen LogP contribution in [0.1, 0.15) is 12.5 Å². The molecule has 0 radical (unpaired) electrons. The molecule has 0 saturated heterocycles. The average Bonchev–Trinajstić information content (AvgIpc) is 2.17. The van der Waals surface area contributed by atoms with Gasteiger partial charge in [0.05, 0.1) is 13.2 Å². The number of phenolic OH excluding ortho intramolecular Hbond substituents is 1. The largest absolute Gasteiger partial charge is 0.504 e. The van der Waals surface area contributed by atoms with Gasteiger partial charge in [0, 0.05) is 13.1 Å². The lowest BCUT2D eigenvalue weighted by molar-refractivity contribution is 0.191. The third kappa shape index (κ3) is 3.77. The SMILES string of the molecule is COc1ccc(CNC[C@@H](C)O)cc1O. The standard InChI is InChI=1S/C11H17NO3/c1-8(13)6-12-7-9-3-4-11(15-2)10(14)5-9/h3-5,8,12-14H,6-7H2,1-2H3/t8-/m1/s1. The number of rotatable bonds is 5. The molecule has 4 heteroatoms. The Morgan fingerprint density at radius 2 is 2.20 bits per heavy atom. The quantitative estimate of drug-likeness (QED) is 0.676. The molecule has 15 heavy (non-hydrogen) atoms. The summed E-state index contributed by atoms with van der Waals surface area (Å²) in [5.74, 6) is 0.600. The smallest absolute Gasteiger partial charge is 0.160 e. The van der Waals surface area contributed by atoms with Crippen molar-refractivity contribution in [1.82, 2.24) is 5.32 Å². The van der Waals surface area contributed by atoms with E-state index in [0.29, 0.717) is 18.8 Å². The van der Waals surface area contributed by atoms with E-state index in [1.807, 2.05) is 6.07 Å². The van der Waals surface area contributed by atoms with Crippen molar-refractivity contribution in [3.8, 4) is 11.5 Å². The lowest BCUT2D eigenvalue weighted by Gasteiger charge is -2.08. The summed E-state index contributed by atoms with van der Waals surface area (Å²) in [4.78, 5) is 0. The Kier molecular flexibility index (Phi) is 4.39. The maximum Gasteiger partial charge on any atom is 0.160 e. The number of aliphatic hydroxyl groups excluding tert-OH is 1. The Balaban J connectivity index is 2.52. The molecule has 1 aromatic carbocycles. The number of methoxy groups -OCH3 is 1. The highest BCUT2D eigenvalue weighted by molar-refractivity contribution is 5.41. The minimum atomic E-state index is -0.364. The van der Waals surface area contributed by atoms with Gasteiger partial charge in [-0.25, -0.2) is 0 Å². The second-order valence-electron chi connectivity index (χ2n) is 3.49. The van der Waals surface area contributed by atoms with Gasteiger partial charge in [-0.3, -0.25) is 0 Å². The van der Waals surface area contributed by atoms with Crippen molar-refractivity contribution in [2.24, 2.45) is 0 Å². The number of aromatic hydroxyl groups is 1. The van der Waals surface area contributed by atoms with Crippen LogP contribution < -0.4 is 10.1 Å². The number of ether oxygens (including phenoxy) is 1. The Morgan fingerprint density at radius 3 is 2.73 bits per heavy atom. The number of nitrogens with one attached hydrogen (secondary N) is 1. The summed E-state index contributed by atoms with van der Waals surface area (Å²) in [7, 11) is 1.51. The molecule has 0 heterocycles. The summed E-state index contributed by atoms with van der Waals surface area (Å²) in [5, 5.41) is 21.6. The summed E-state index contributed by atoms with van der Waals surface area (Å²) in [6.45, 7) is 2.87. The van der Waals surface area contributed by atoms with E-state index in [1.54, 1.807) is 19.1 Å². The third-order valence-corrected chi connectivity index (χ3v) is 2.01. The molecular weight excluding hydrogens is 194 g/mol. The fourth-order valence-corrected chi connectivity index (χ4v) is 1.27. The monoisotopic (exact) mass is 211 g/mol. The van der Waals surface area contributed by atoms with E-state index >= 15 is 0 Å². The lowest BCUT2D eigenvalue weighted by Crippen LogP contribution is -2.23. The second-order valence-corrected chi connectivity index (χ2v) is 3.49. The molecule has 0 spiro atoms. The topological polar surface area (TPSA) is 61.7 Å². The first-order chi connectivity index (χ1) is 7.13. The van der Waals surface area contributed by atoms with Crippen LogP contribution in [0.4, 0.5) is 0 Å². The summed E-state index contributed by atoms with van der Waals surface area (Å²) in [6, 6.07) is 5.23. The molecule has 0 unspecified atom stereocenters. The first-order valence-electron chi connectivity index (χ1n) is 4.88. The molecule has 0 fully saturated rings. The van der Waals surface area contributed by atoms with Crippen LogP contribution in [0.5, 0.6) is 11.5 Å². The molecule has 0 aliphatic rings. The third-order valence-electron chi connectivity index (χ3n) is 2.01. The number of aliphatic hydroxyl groups is 1. The van der Waals surface area contributed by atoms with Gasteiger partial charge in [-0.1, -0.05) is 6.07 Å². The van der Waals surface area contributed by atoms with Crippen LogP contribution in [0, 0.1) is 0 Å². The molecule has 0 aromatic heterocycles. The van der Waals surface area contributed by atoms with E-state index in [9.17, 15) is 5.11 Å². The van der Waals surface area contributed by atoms with Crippen molar-refractivity contribution in [3.05, 3.63) is 23.8 Å². The number of hydrogen-bond donors (Lipinski definition) is 3. The predicted molar refractivity (Wildman–Crippen MR) is 58.0 cm³/mol. The van der Waals surface area contributed by atoms with Gasteiger partial charge in [0.2, 0.25) is 0 Å². The minimum absolute atomic E-state index is 0.133. The normalized spacial score (nSPS) is 12.5. The Morgan fingerprint density at radius 1 is 1.47 bits per heavy atom. The van der Waals surface area contributed by atoms with Crippen molar-refractivity contribution in [2.75, 3.05) is 13.7 Å². The van der Waals surface area contributed by atoms with Gasteiger partial charge in [0.1, 0.15) is 0 Å². The van der Waals surface area contributed by atoms with Crippen LogP contribution in [-0.2, 0) is 6.54 Å². The highest BCUT2D eigenvalue weighted by Crippen LogP contribution is 2.25. The second kappa shape index (κ2) is 5.58. The van der Waals surface area contributed by atoms with Gasteiger partial charge < -0.3 is 20.3 Å². The van der Waals surface area contributed by atoms with E-state index in [1.165, 1.54) is 7.11 Å². The van der Waals surface area contributed by atoms with Crippen LogP contribution in [0.25, 0.3) is 0 Å². The molecule has 4 nitrogen and oxygen atoms in total. The molecule has 1 rings (SSSR count). The van der Waals surface area contributed by atoms with Crippen molar-refractivity contribution in [2.45, 2.75) is 19.6 Å². The van der Waals surface area contributed by atoms with Crippen LogP contribution in [0.3, 0.4) is 0 Å². The fraction of sp³-hybridized carbons (Fsp3) is 0.455. The molecule has 1 aromatic rings. The molecule has 0 aliphatic heterocycles. The molecule has 0 amide bonds. The van der Waals surface area contributed by atoms with Gasteiger partial charge in [0.25, 0.3) is 0 Å². The van der Waals surface area contributed by atoms with Crippen LogP contribution >= 0.6 is 0 Å². The van der Waals surface area contributed by atoms with E-state index in [0.717, 1.165) is 5.56 Å². The van der Waals surface area contributed by atoms with Gasteiger partial charge in [-0.2, -0.15) is 0 Å². The van der Waals surface area contributed by atoms with Gasteiger partial charge in [-0.15, -0.1) is 0 Å². The van der Waals surface area contributed by atoms with Gasteiger partial charge in [-0.05, 0) is 24.6 Å². The number of phenols is 1. The van der Waals surface area contributed by atoms with Crippen LogP contribution in [-0.4, -0.2) is 30.0 Å². The highest BCUT2D eigenvalue weighted by Gasteiger charge is 2.02. The zero-order valence-electron chi connectivity index (χ0n) is 9.03. The van der Waals surface area contributed by atoms with Crippen molar-refractivity contribution in [3.63, 3.8) is 0 Å². The van der Waals surface area contributed by atoms with Gasteiger partial charge >= 0.3 is 0 Å². The maximum absolute atomic E-state index is 9.50. The highest BCUT2D eigenvalue weighted by atomic mass is 16.5. The average molecular weight is 211 g/mol. The minimum Gasteiger partial charge on any atom is -0.504 e. The van der Waals surface area contributed by atoms with E-state index in [2.05, 4.69) is 5.32 Å². The molecule has 0 aliphatic carbocycles. The number of benzene rings is 1. The number of hydrogen-bond acceptors (Lipinski definition) is 4. The first-order valence-corrected chi connectivity index (χ1v) is 4.88. The van der Waals surface area contributed by atoms with E-state index in [4.69, 9.17) is 9.84 Å². The van der Waals surface area contributed by atoms with Gasteiger partial charge in [0.15, 0.2) is 11.5 Å². The summed E-state index contributed by atoms with van der Waals surface area (Å²) < 4.78 is 4.93. The summed E-state index contributed by atoms with van der Waals surface area (Å²) >= 11 is 0. The first kappa shape index (κ1) is 11.8. The molecule has 3 N–H and O–H groups in total. The zero-order valence-corrected chi connectivity index (χ0v) is 9.03. The molecular formula is C11H17NO3. The molecule has 1 atom stereocenters. The maximum atomic E-state index is 9.50. The molecule has 0 bridgehead atoms. The Labute approximate surface area is 89.5 Å². The van der Waals surface area contributed by atoms with E-state index < -0.39 is 0 Å². The zero-order chi connectivity index (χ0) is 11.3. The lowest BCUT2D eigenvalue weighted by atomic mass is 10.2.